The lowest BCUT2D eigenvalue weighted by Gasteiger charge is -2.03. The maximum atomic E-state index is 12.5. The van der Waals surface area contributed by atoms with Crippen LogP contribution in [0.2, 0.25) is 0 Å². The van der Waals surface area contributed by atoms with Crippen LogP contribution in [-0.2, 0) is 0 Å². The second-order valence-corrected chi connectivity index (χ2v) is 3.36. The van der Waals surface area contributed by atoms with E-state index in [2.05, 4.69) is 22.5 Å². The van der Waals surface area contributed by atoms with Gasteiger partial charge in [-0.15, -0.1) is 0 Å². The summed E-state index contributed by atoms with van der Waals surface area (Å²) in [6.07, 6.45) is 1.42. The van der Waals surface area contributed by atoms with Crippen molar-refractivity contribution in [2.75, 3.05) is 6.54 Å². The summed E-state index contributed by atoms with van der Waals surface area (Å²) in [5, 5.41) is 2.56. The number of hydrogen-bond donors (Lipinski definition) is 2. The van der Waals surface area contributed by atoms with E-state index in [1.807, 2.05) is 0 Å². The van der Waals surface area contributed by atoms with Gasteiger partial charge in [-0.2, -0.15) is 0 Å². The van der Waals surface area contributed by atoms with Gasteiger partial charge in [0, 0.05) is 13.0 Å². The van der Waals surface area contributed by atoms with Crippen molar-refractivity contribution in [3.63, 3.8) is 0 Å². The Labute approximate surface area is 91.7 Å². The molecule has 0 saturated heterocycles. The van der Waals surface area contributed by atoms with Crippen molar-refractivity contribution in [3.8, 4) is 0 Å². The summed E-state index contributed by atoms with van der Waals surface area (Å²) in [6, 6.07) is 2.49. The lowest BCUT2D eigenvalue weighted by molar-refractivity contribution is 0.0950. The third-order valence-electron chi connectivity index (χ3n) is 1.62. The van der Waals surface area contributed by atoms with Crippen LogP contribution in [-0.4, -0.2) is 22.4 Å². The molecule has 1 aromatic heterocycles. The van der Waals surface area contributed by atoms with Gasteiger partial charge in [0.15, 0.2) is 0 Å². The molecule has 0 fully saturated rings. The van der Waals surface area contributed by atoms with E-state index in [0.717, 1.165) is 6.20 Å². The van der Waals surface area contributed by atoms with E-state index in [-0.39, 0.29) is 11.6 Å². The van der Waals surface area contributed by atoms with Crippen LogP contribution in [0.4, 0.5) is 4.39 Å². The SMILES string of the molecule is NC(=S)CCNC(=O)c1ccc(F)cn1. The number of amides is 1. The average molecular weight is 227 g/mol. The number of aromatic nitrogens is 1. The van der Waals surface area contributed by atoms with Crippen molar-refractivity contribution >= 4 is 23.1 Å². The molecule has 1 rings (SSSR count). The molecule has 1 amide bonds. The van der Waals surface area contributed by atoms with Crippen molar-refractivity contribution < 1.29 is 9.18 Å². The lowest BCUT2D eigenvalue weighted by Crippen LogP contribution is -2.27. The molecule has 0 radical (unpaired) electrons. The summed E-state index contributed by atoms with van der Waals surface area (Å²) in [5.74, 6) is -0.846. The smallest absolute Gasteiger partial charge is 0.269 e. The van der Waals surface area contributed by atoms with E-state index >= 15 is 0 Å². The summed E-state index contributed by atoms with van der Waals surface area (Å²) in [6.45, 7) is 0.354. The van der Waals surface area contributed by atoms with Gasteiger partial charge in [-0.3, -0.25) is 4.79 Å². The van der Waals surface area contributed by atoms with Gasteiger partial charge in [-0.25, -0.2) is 9.37 Å². The van der Waals surface area contributed by atoms with E-state index in [1.165, 1.54) is 12.1 Å². The summed E-state index contributed by atoms with van der Waals surface area (Å²) in [7, 11) is 0. The highest BCUT2D eigenvalue weighted by molar-refractivity contribution is 7.80. The molecule has 80 valence electrons. The van der Waals surface area contributed by atoms with Gasteiger partial charge >= 0.3 is 0 Å². The number of hydrogen-bond acceptors (Lipinski definition) is 3. The molecule has 0 unspecified atom stereocenters. The molecular formula is C9H10FN3OS. The number of thiocarbonyl (C=S) groups is 1. The maximum absolute atomic E-state index is 12.5. The Hall–Kier alpha value is -1.56. The highest BCUT2D eigenvalue weighted by Gasteiger charge is 2.05. The topological polar surface area (TPSA) is 68.0 Å². The lowest BCUT2D eigenvalue weighted by atomic mass is 10.3. The molecule has 3 N–H and O–H groups in total. The normalized spacial score (nSPS) is 9.67. The Morgan fingerprint density at radius 1 is 1.60 bits per heavy atom. The molecule has 1 heterocycles. The zero-order valence-electron chi connectivity index (χ0n) is 7.87. The molecule has 0 aliphatic rings. The third-order valence-corrected chi connectivity index (χ3v) is 1.82. The number of halogens is 1. The summed E-state index contributed by atoms with van der Waals surface area (Å²) >= 11 is 4.64. The molecule has 0 bridgehead atoms. The third kappa shape index (κ3) is 3.99. The fraction of sp³-hybridized carbons (Fsp3) is 0.222. The largest absolute Gasteiger partial charge is 0.393 e. The Morgan fingerprint density at radius 3 is 2.87 bits per heavy atom. The van der Waals surface area contributed by atoms with Crippen LogP contribution < -0.4 is 11.1 Å². The minimum Gasteiger partial charge on any atom is -0.393 e. The van der Waals surface area contributed by atoms with Gasteiger partial charge < -0.3 is 11.1 Å². The Balaban J connectivity index is 2.47. The Bertz CT molecular complexity index is 366. The van der Waals surface area contributed by atoms with Gasteiger partial charge in [0.05, 0.1) is 11.2 Å². The number of nitrogens with two attached hydrogens (primary N) is 1. The molecule has 15 heavy (non-hydrogen) atoms. The van der Waals surface area contributed by atoms with E-state index in [1.54, 1.807) is 0 Å². The number of carbonyl (C=O) groups excluding carboxylic acids is 1. The molecule has 0 atom stereocenters. The summed E-state index contributed by atoms with van der Waals surface area (Å²) in [4.78, 5) is 15.3. The highest BCUT2D eigenvalue weighted by Crippen LogP contribution is 1.97. The van der Waals surface area contributed by atoms with Crippen LogP contribution >= 0.6 is 12.2 Å². The number of rotatable bonds is 4. The molecule has 0 aromatic carbocycles. The molecule has 0 aliphatic heterocycles. The fourth-order valence-electron chi connectivity index (χ4n) is 0.900. The number of carbonyl (C=O) groups is 1. The van der Waals surface area contributed by atoms with E-state index in [9.17, 15) is 9.18 Å². The molecule has 1 aromatic rings. The number of pyridine rings is 1. The van der Waals surface area contributed by atoms with Crippen LogP contribution in [0.25, 0.3) is 0 Å². The van der Waals surface area contributed by atoms with E-state index in [0.29, 0.717) is 18.0 Å². The predicted octanol–water partition coefficient (Wildman–Crippen LogP) is 0.627. The van der Waals surface area contributed by atoms with Crippen molar-refractivity contribution in [1.82, 2.24) is 10.3 Å². The van der Waals surface area contributed by atoms with Gasteiger partial charge in [0.25, 0.3) is 5.91 Å². The van der Waals surface area contributed by atoms with Gasteiger partial charge in [-0.05, 0) is 12.1 Å². The van der Waals surface area contributed by atoms with Crippen molar-refractivity contribution in [3.05, 3.63) is 29.8 Å². The fourth-order valence-corrected chi connectivity index (χ4v) is 1.00. The van der Waals surface area contributed by atoms with Crippen LogP contribution in [0.1, 0.15) is 16.9 Å². The first kappa shape index (κ1) is 11.5. The number of nitrogens with one attached hydrogen (secondary N) is 1. The molecule has 4 nitrogen and oxygen atoms in total. The highest BCUT2D eigenvalue weighted by atomic mass is 32.1. The van der Waals surface area contributed by atoms with Crippen molar-refractivity contribution in [1.29, 1.82) is 0 Å². The van der Waals surface area contributed by atoms with E-state index < -0.39 is 5.82 Å². The van der Waals surface area contributed by atoms with Gasteiger partial charge in [-0.1, -0.05) is 12.2 Å². The van der Waals surface area contributed by atoms with Gasteiger partial charge in [0.1, 0.15) is 11.5 Å². The quantitative estimate of drug-likeness (QED) is 0.740. The van der Waals surface area contributed by atoms with Gasteiger partial charge in [0.2, 0.25) is 0 Å². The zero-order chi connectivity index (χ0) is 11.3. The summed E-state index contributed by atoms with van der Waals surface area (Å²) < 4.78 is 12.5. The monoisotopic (exact) mass is 227 g/mol. The average Bonchev–Trinajstić information content (AvgIpc) is 2.18. The molecule has 0 spiro atoms. The molecule has 6 heteroatoms. The van der Waals surface area contributed by atoms with Crippen LogP contribution in [0.3, 0.4) is 0 Å². The minimum atomic E-state index is -0.477. The molecule has 0 aliphatic carbocycles. The Kier molecular flexibility index (Phi) is 4.11. The van der Waals surface area contributed by atoms with Crippen molar-refractivity contribution in [2.45, 2.75) is 6.42 Å². The van der Waals surface area contributed by atoms with Crippen LogP contribution in [0.15, 0.2) is 18.3 Å². The Morgan fingerprint density at radius 2 is 2.33 bits per heavy atom. The van der Waals surface area contributed by atoms with Crippen LogP contribution in [0, 0.1) is 5.82 Å². The summed E-state index contributed by atoms with van der Waals surface area (Å²) in [5.41, 5.74) is 5.42. The first-order valence-electron chi connectivity index (χ1n) is 4.27. The van der Waals surface area contributed by atoms with Crippen LogP contribution in [0.5, 0.6) is 0 Å². The number of nitrogens with zero attached hydrogens (tertiary/aromatic N) is 1. The van der Waals surface area contributed by atoms with E-state index in [4.69, 9.17) is 5.73 Å². The van der Waals surface area contributed by atoms with Crippen molar-refractivity contribution in [2.24, 2.45) is 5.73 Å². The molecular weight excluding hydrogens is 217 g/mol. The second-order valence-electron chi connectivity index (χ2n) is 2.83. The maximum Gasteiger partial charge on any atom is 0.269 e. The second kappa shape index (κ2) is 5.35. The zero-order valence-corrected chi connectivity index (χ0v) is 8.68. The molecule has 0 saturated carbocycles. The minimum absolute atomic E-state index is 0.166. The first-order chi connectivity index (χ1) is 7.09. The standard InChI is InChI=1S/C9H10FN3OS/c10-6-1-2-7(13-5-6)9(14)12-4-3-8(11)15/h1-2,5H,3-4H2,(H2,11,15)(H,12,14). The predicted molar refractivity (Wildman–Crippen MR) is 57.9 cm³/mol. The first-order valence-corrected chi connectivity index (χ1v) is 4.68.